The van der Waals surface area contributed by atoms with Crippen LogP contribution in [-0.4, -0.2) is 37.0 Å². The number of fused-ring (bicyclic) bond motifs is 1. The minimum absolute atomic E-state index is 0.197. The van der Waals surface area contributed by atoms with Crippen molar-refractivity contribution in [1.82, 2.24) is 4.90 Å². The van der Waals surface area contributed by atoms with E-state index in [0.29, 0.717) is 12.2 Å². The van der Waals surface area contributed by atoms with Crippen molar-refractivity contribution in [1.29, 1.82) is 0 Å². The first-order valence-corrected chi connectivity index (χ1v) is 5.92. The van der Waals surface area contributed by atoms with E-state index in [9.17, 15) is 14.5 Å². The summed E-state index contributed by atoms with van der Waals surface area (Å²) in [6.45, 7) is 0.562. The van der Waals surface area contributed by atoms with Gasteiger partial charge in [-0.25, -0.2) is 0 Å². The Bertz CT molecular complexity index is 515. The number of nitrogens with zero attached hydrogens (tertiary/aromatic N) is 2. The number of hydrogen-bond donors (Lipinski definition) is 0. The van der Waals surface area contributed by atoms with Crippen LogP contribution in [0.1, 0.15) is 17.2 Å². The van der Waals surface area contributed by atoms with E-state index in [2.05, 4.69) is 5.18 Å². The van der Waals surface area contributed by atoms with E-state index in [4.69, 9.17) is 4.74 Å². The van der Waals surface area contributed by atoms with E-state index in [1.54, 1.807) is 24.3 Å². The highest BCUT2D eigenvalue weighted by Gasteiger charge is 2.37. The second-order valence-corrected chi connectivity index (χ2v) is 4.29. The number of ether oxygens (including phenoxy) is 1. The Morgan fingerprint density at radius 1 is 1.47 bits per heavy atom. The molecule has 0 bridgehead atoms. The van der Waals surface area contributed by atoms with Gasteiger partial charge in [0.15, 0.2) is 0 Å². The highest BCUT2D eigenvalue weighted by Crippen LogP contribution is 2.31. The quantitative estimate of drug-likeness (QED) is 0.760. The van der Waals surface area contributed by atoms with Crippen LogP contribution in [0.2, 0.25) is 0 Å². The lowest BCUT2D eigenvalue weighted by atomic mass is 9.91. The molecule has 1 aromatic carbocycles. The molecule has 19 heavy (non-hydrogen) atoms. The molecule has 6 heteroatoms. The first kappa shape index (κ1) is 13.4. The molecule has 0 aromatic heterocycles. The van der Waals surface area contributed by atoms with E-state index in [1.807, 2.05) is 0 Å². The Balaban J connectivity index is 2.41. The van der Waals surface area contributed by atoms with Crippen molar-refractivity contribution >= 4 is 11.8 Å². The lowest BCUT2D eigenvalue weighted by molar-refractivity contribution is -0.141. The SMILES string of the molecule is COCCN1C(=O)Cc2ccccc2C1C(=O)N=O. The van der Waals surface area contributed by atoms with Crippen LogP contribution in [0.25, 0.3) is 0 Å². The van der Waals surface area contributed by atoms with Gasteiger partial charge < -0.3 is 9.64 Å². The van der Waals surface area contributed by atoms with E-state index in [1.165, 1.54) is 12.0 Å². The summed E-state index contributed by atoms with van der Waals surface area (Å²) in [7, 11) is 1.51. The molecule has 0 radical (unpaired) electrons. The van der Waals surface area contributed by atoms with Crippen LogP contribution in [0.15, 0.2) is 29.4 Å². The topological polar surface area (TPSA) is 76.0 Å². The fourth-order valence-corrected chi connectivity index (χ4v) is 2.30. The summed E-state index contributed by atoms with van der Waals surface area (Å²) >= 11 is 0. The zero-order chi connectivity index (χ0) is 13.8. The van der Waals surface area contributed by atoms with E-state index in [0.717, 1.165) is 5.56 Å². The smallest absolute Gasteiger partial charge is 0.313 e. The molecule has 0 saturated heterocycles. The van der Waals surface area contributed by atoms with Crippen molar-refractivity contribution in [2.75, 3.05) is 20.3 Å². The molecule has 100 valence electrons. The van der Waals surface area contributed by atoms with Gasteiger partial charge in [0, 0.05) is 18.8 Å². The average molecular weight is 262 g/mol. The molecular formula is C13H14N2O4. The second-order valence-electron chi connectivity index (χ2n) is 4.29. The first-order chi connectivity index (χ1) is 9.19. The van der Waals surface area contributed by atoms with Gasteiger partial charge in [0.25, 0.3) is 0 Å². The van der Waals surface area contributed by atoms with Gasteiger partial charge in [-0.3, -0.25) is 9.59 Å². The summed E-state index contributed by atoms with van der Waals surface area (Å²) < 4.78 is 4.93. The molecule has 0 spiro atoms. The van der Waals surface area contributed by atoms with Crippen molar-refractivity contribution in [3.8, 4) is 0 Å². The summed E-state index contributed by atoms with van der Waals surface area (Å²) in [5.41, 5.74) is 1.44. The molecule has 0 N–H and O–H groups in total. The average Bonchev–Trinajstić information content (AvgIpc) is 2.43. The number of amides is 2. The summed E-state index contributed by atoms with van der Waals surface area (Å²) in [6.07, 6.45) is 0.225. The van der Waals surface area contributed by atoms with Crippen molar-refractivity contribution < 1.29 is 14.3 Å². The van der Waals surface area contributed by atoms with Crippen LogP contribution in [-0.2, 0) is 20.7 Å². The highest BCUT2D eigenvalue weighted by atomic mass is 16.5. The van der Waals surface area contributed by atoms with E-state index >= 15 is 0 Å². The van der Waals surface area contributed by atoms with Crippen molar-refractivity contribution in [2.45, 2.75) is 12.5 Å². The van der Waals surface area contributed by atoms with Gasteiger partial charge >= 0.3 is 5.91 Å². The minimum atomic E-state index is -0.926. The third-order valence-corrected chi connectivity index (χ3v) is 3.18. The molecule has 0 aliphatic carbocycles. The molecule has 2 rings (SSSR count). The summed E-state index contributed by atoms with van der Waals surface area (Å²) in [5.74, 6) is -1.05. The molecule has 1 aliphatic heterocycles. The maximum Gasteiger partial charge on any atom is 0.313 e. The van der Waals surface area contributed by atoms with Crippen LogP contribution in [0.3, 0.4) is 0 Å². The lowest BCUT2D eigenvalue weighted by Gasteiger charge is -2.34. The van der Waals surface area contributed by atoms with Crippen LogP contribution in [0.4, 0.5) is 0 Å². The lowest BCUT2D eigenvalue weighted by Crippen LogP contribution is -2.44. The predicted molar refractivity (Wildman–Crippen MR) is 67.3 cm³/mol. The van der Waals surface area contributed by atoms with Crippen LogP contribution in [0, 0.1) is 4.91 Å². The van der Waals surface area contributed by atoms with E-state index in [-0.39, 0.29) is 18.9 Å². The third kappa shape index (κ3) is 2.53. The fraction of sp³-hybridized carbons (Fsp3) is 0.385. The van der Waals surface area contributed by atoms with Gasteiger partial charge in [-0.1, -0.05) is 24.3 Å². The molecule has 2 amide bonds. The van der Waals surface area contributed by atoms with Crippen molar-refractivity contribution in [2.24, 2.45) is 5.18 Å². The van der Waals surface area contributed by atoms with Crippen LogP contribution < -0.4 is 0 Å². The monoisotopic (exact) mass is 262 g/mol. The Hall–Kier alpha value is -2.08. The summed E-state index contributed by atoms with van der Waals surface area (Å²) in [4.78, 5) is 35.7. The van der Waals surface area contributed by atoms with Crippen molar-refractivity contribution in [3.05, 3.63) is 40.3 Å². The zero-order valence-electron chi connectivity index (χ0n) is 10.5. The molecule has 1 atom stereocenters. The van der Waals surface area contributed by atoms with Gasteiger partial charge in [0.05, 0.1) is 13.0 Å². The molecule has 0 saturated carbocycles. The van der Waals surface area contributed by atoms with Gasteiger partial charge in [0.2, 0.25) is 5.91 Å². The molecule has 6 nitrogen and oxygen atoms in total. The Labute approximate surface area is 110 Å². The number of nitroso groups, excluding NO2 is 1. The fourth-order valence-electron chi connectivity index (χ4n) is 2.30. The highest BCUT2D eigenvalue weighted by molar-refractivity contribution is 5.92. The molecule has 1 unspecified atom stereocenters. The largest absolute Gasteiger partial charge is 0.383 e. The predicted octanol–water partition coefficient (Wildman–Crippen LogP) is 1.05. The van der Waals surface area contributed by atoms with Crippen LogP contribution in [0.5, 0.6) is 0 Å². The maximum absolute atomic E-state index is 12.1. The number of rotatable bonds is 4. The molecule has 1 aromatic rings. The van der Waals surface area contributed by atoms with Gasteiger partial charge in [-0.05, 0) is 11.1 Å². The Morgan fingerprint density at radius 3 is 2.89 bits per heavy atom. The second kappa shape index (κ2) is 5.71. The molecule has 1 heterocycles. The summed E-state index contributed by atoms with van der Waals surface area (Å²) in [5, 5.41) is 2.48. The Kier molecular flexibility index (Phi) is 4.01. The van der Waals surface area contributed by atoms with E-state index < -0.39 is 11.9 Å². The van der Waals surface area contributed by atoms with Gasteiger partial charge in [-0.2, -0.15) is 0 Å². The standard InChI is InChI=1S/C13H14N2O4/c1-19-7-6-15-11(16)8-9-4-2-3-5-10(9)12(15)13(17)14-18/h2-5,12H,6-8H2,1H3. The molecular weight excluding hydrogens is 248 g/mol. The Morgan fingerprint density at radius 2 is 2.21 bits per heavy atom. The third-order valence-electron chi connectivity index (χ3n) is 3.18. The van der Waals surface area contributed by atoms with Gasteiger partial charge in [-0.15, -0.1) is 4.91 Å². The van der Waals surface area contributed by atoms with Crippen molar-refractivity contribution in [3.63, 3.8) is 0 Å². The normalized spacial score (nSPS) is 18.1. The van der Waals surface area contributed by atoms with Crippen LogP contribution >= 0.6 is 0 Å². The van der Waals surface area contributed by atoms with Gasteiger partial charge in [0.1, 0.15) is 6.04 Å². The molecule has 1 aliphatic rings. The zero-order valence-corrected chi connectivity index (χ0v) is 10.5. The number of hydrogen-bond acceptors (Lipinski definition) is 4. The number of methoxy groups -OCH3 is 1. The number of benzene rings is 1. The summed E-state index contributed by atoms with van der Waals surface area (Å²) in [6, 6.07) is 6.17. The molecule has 0 fully saturated rings. The number of carbonyl (C=O) groups is 2. The number of carbonyl (C=O) groups excluding carboxylic acids is 2. The first-order valence-electron chi connectivity index (χ1n) is 5.92. The minimum Gasteiger partial charge on any atom is -0.383 e. The maximum atomic E-state index is 12.1.